The number of anilines is 2. The maximum absolute atomic E-state index is 13.7. The topological polar surface area (TPSA) is 148 Å². The number of ether oxygens (including phenoxy) is 3. The largest absolute Gasteiger partial charge is 0.478 e. The first-order valence-electron chi connectivity index (χ1n) is 24.3. The van der Waals surface area contributed by atoms with Gasteiger partial charge in [-0.1, -0.05) is 26.5 Å². The van der Waals surface area contributed by atoms with Crippen molar-refractivity contribution in [1.29, 1.82) is 0 Å². The lowest BCUT2D eigenvalue weighted by molar-refractivity contribution is -0.139. The minimum Gasteiger partial charge on any atom is -0.478 e. The first-order valence-corrected chi connectivity index (χ1v) is 24.3. The number of nitrogens with zero attached hydrogens (tertiary/aromatic N) is 4. The predicted octanol–water partition coefficient (Wildman–Crippen LogP) is 13.9. The Labute approximate surface area is 415 Å². The lowest BCUT2D eigenvalue weighted by atomic mass is 9.82. The van der Waals surface area contributed by atoms with Crippen LogP contribution in [0.15, 0.2) is 67.5 Å². The van der Waals surface area contributed by atoms with Crippen LogP contribution in [0.1, 0.15) is 155 Å². The molecule has 0 aliphatic heterocycles. The highest BCUT2D eigenvalue weighted by Gasteiger charge is 2.39. The zero-order valence-corrected chi connectivity index (χ0v) is 41.5. The van der Waals surface area contributed by atoms with E-state index in [9.17, 15) is 50.6 Å². The average molecular weight is 1010 g/mol. The van der Waals surface area contributed by atoms with Crippen molar-refractivity contribution in [2.45, 2.75) is 136 Å². The maximum atomic E-state index is 13.7. The number of benzene rings is 2. The van der Waals surface area contributed by atoms with Crippen molar-refractivity contribution in [3.05, 3.63) is 101 Å². The third-order valence-electron chi connectivity index (χ3n) is 13.4. The van der Waals surface area contributed by atoms with Crippen LogP contribution in [0.3, 0.4) is 0 Å². The third-order valence-corrected chi connectivity index (χ3v) is 13.4. The summed E-state index contributed by atoms with van der Waals surface area (Å²) >= 11 is 0. The molecule has 18 heteroatoms. The van der Waals surface area contributed by atoms with Gasteiger partial charge in [-0.05, 0) is 169 Å². The van der Waals surface area contributed by atoms with E-state index in [1.54, 1.807) is 18.7 Å². The van der Waals surface area contributed by atoms with Crippen molar-refractivity contribution < 1.29 is 64.8 Å². The number of pyridine rings is 2. The lowest BCUT2D eigenvalue weighted by Crippen LogP contribution is -2.43. The molecule has 3 aliphatic rings. The molecule has 0 radical (unpaired) electrons. The van der Waals surface area contributed by atoms with Gasteiger partial charge < -0.3 is 29.1 Å². The summed E-state index contributed by atoms with van der Waals surface area (Å²) in [5.74, 6) is -2.86. The van der Waals surface area contributed by atoms with E-state index in [-0.39, 0.29) is 75.5 Å². The summed E-state index contributed by atoms with van der Waals surface area (Å²) in [6.07, 6.45) is 2.91. The number of esters is 1. The minimum atomic E-state index is -4.72. The van der Waals surface area contributed by atoms with E-state index >= 15 is 0 Å². The molecule has 7 rings (SSSR count). The molecular weight excluding hydrogens is 947 g/mol. The highest BCUT2D eigenvalue weighted by molar-refractivity contribution is 6.04. The van der Waals surface area contributed by atoms with Crippen molar-refractivity contribution in [2.24, 2.45) is 23.7 Å². The van der Waals surface area contributed by atoms with Crippen LogP contribution in [-0.4, -0.2) is 58.0 Å². The molecule has 2 aromatic carbocycles. The van der Waals surface area contributed by atoms with Gasteiger partial charge in [0, 0.05) is 36.3 Å². The number of rotatable bonds is 14. The molecule has 12 nitrogen and oxygen atoms in total. The number of carbonyl (C=O) groups is 4. The van der Waals surface area contributed by atoms with Gasteiger partial charge in [-0.25, -0.2) is 19.6 Å². The van der Waals surface area contributed by atoms with Crippen LogP contribution in [0, 0.1) is 23.7 Å². The van der Waals surface area contributed by atoms with Crippen LogP contribution >= 0.6 is 0 Å². The van der Waals surface area contributed by atoms with E-state index in [0.29, 0.717) is 23.1 Å². The predicted molar refractivity (Wildman–Crippen MR) is 259 cm³/mol. The molecule has 2 heterocycles. The second kappa shape index (κ2) is 23.0. The number of carbonyl (C=O) groups excluding carboxylic acids is 3. The highest BCUT2D eigenvalue weighted by atomic mass is 19.4. The number of halogens is 6. The average Bonchev–Trinajstić information content (AvgIpc) is 4.18. The molecule has 4 aromatic rings. The van der Waals surface area contributed by atoms with Crippen LogP contribution in [0.25, 0.3) is 6.08 Å². The van der Waals surface area contributed by atoms with Crippen molar-refractivity contribution in [1.82, 2.24) is 9.97 Å². The molecular formula is C54H62F6N4O8. The van der Waals surface area contributed by atoms with Gasteiger partial charge in [-0.3, -0.25) is 9.59 Å². The van der Waals surface area contributed by atoms with Crippen LogP contribution in [0.2, 0.25) is 0 Å². The molecule has 0 atom stereocenters. The van der Waals surface area contributed by atoms with E-state index in [2.05, 4.69) is 30.4 Å². The molecule has 0 spiro atoms. The Kier molecular flexibility index (Phi) is 17.5. The number of methoxy groups -OCH3 is 1. The molecule has 0 unspecified atom stereocenters. The monoisotopic (exact) mass is 1010 g/mol. The molecule has 2 amide bonds. The molecule has 3 fully saturated rings. The standard InChI is InChI=1S/2C27H31F3N2O4/c1-15(2)32(25(33)18-6-4-16(3)5-7-18)23-11-10-20(13-21(23)26(34)35)36-24-22(27(28,29)30)12-19(14-31-24)17-8-9-17;1-6-18-13-22(27(28,29)30)24(31-15-18)36-20-11-12-23(21(14-20)26(34)35-5)32(16(2)3)25(33)19-9-7-17(4)8-10-19/h10-18H,4-9H2,1-3H3,(H,34,35);6,11-17,19H,1,7-10H2,2-5H3. The Morgan fingerprint density at radius 1 is 0.653 bits per heavy atom. The van der Waals surface area contributed by atoms with E-state index < -0.39 is 47.2 Å². The van der Waals surface area contributed by atoms with Crippen molar-refractivity contribution in [2.75, 3.05) is 16.9 Å². The molecule has 1 N–H and O–H groups in total. The Morgan fingerprint density at radius 2 is 1.08 bits per heavy atom. The summed E-state index contributed by atoms with van der Waals surface area (Å²) in [5.41, 5.74) is -1.07. The lowest BCUT2D eigenvalue weighted by Gasteiger charge is -2.34. The van der Waals surface area contributed by atoms with Crippen molar-refractivity contribution in [3.8, 4) is 23.3 Å². The smallest absolute Gasteiger partial charge is 0.421 e. The maximum Gasteiger partial charge on any atom is 0.421 e. The number of carboxylic acid groups (broad SMARTS) is 1. The summed E-state index contributed by atoms with van der Waals surface area (Å²) in [5, 5.41) is 9.91. The van der Waals surface area contributed by atoms with Crippen LogP contribution < -0.4 is 19.3 Å². The second-order valence-electron chi connectivity index (χ2n) is 19.6. The highest BCUT2D eigenvalue weighted by Crippen LogP contribution is 2.45. The van der Waals surface area contributed by atoms with Crippen molar-refractivity contribution in [3.63, 3.8) is 0 Å². The van der Waals surface area contributed by atoms with E-state index in [1.807, 2.05) is 13.8 Å². The number of alkyl halides is 6. The Hall–Kier alpha value is -6.46. The van der Waals surface area contributed by atoms with Gasteiger partial charge in [-0.2, -0.15) is 26.3 Å². The van der Waals surface area contributed by atoms with E-state index in [4.69, 9.17) is 14.2 Å². The summed E-state index contributed by atoms with van der Waals surface area (Å²) in [6, 6.07) is 9.50. The Morgan fingerprint density at radius 3 is 1.49 bits per heavy atom. The fraction of sp³-hybridized carbons (Fsp3) is 0.481. The fourth-order valence-electron chi connectivity index (χ4n) is 9.21. The summed E-state index contributed by atoms with van der Waals surface area (Å²) in [4.78, 5) is 62.5. The first-order chi connectivity index (χ1) is 33.9. The van der Waals surface area contributed by atoms with Crippen LogP contribution in [0.4, 0.5) is 37.7 Å². The number of hydrogen-bond donors (Lipinski definition) is 1. The molecule has 2 aromatic heterocycles. The molecule has 0 saturated heterocycles. The summed E-state index contributed by atoms with van der Waals surface area (Å²) < 4.78 is 97.8. The number of carboxylic acids is 1. The normalized spacial score (nSPS) is 19.2. The molecule has 3 saturated carbocycles. The number of hydrogen-bond acceptors (Lipinski definition) is 9. The van der Waals surface area contributed by atoms with Crippen LogP contribution in [0.5, 0.6) is 23.3 Å². The van der Waals surface area contributed by atoms with Gasteiger partial charge in [0.1, 0.15) is 22.6 Å². The van der Waals surface area contributed by atoms with Gasteiger partial charge in [0.2, 0.25) is 23.6 Å². The van der Waals surface area contributed by atoms with Crippen LogP contribution in [-0.2, 0) is 26.7 Å². The van der Waals surface area contributed by atoms with Gasteiger partial charge in [0.05, 0.1) is 29.6 Å². The quantitative estimate of drug-likeness (QED) is 0.0956. The first kappa shape index (κ1) is 54.9. The molecule has 72 heavy (non-hydrogen) atoms. The zero-order chi connectivity index (χ0) is 52.8. The number of aromatic nitrogens is 2. The molecule has 0 bridgehead atoms. The molecule has 3 aliphatic carbocycles. The number of aromatic carboxylic acids is 1. The third kappa shape index (κ3) is 13.3. The summed E-state index contributed by atoms with van der Waals surface area (Å²) in [7, 11) is 1.20. The summed E-state index contributed by atoms with van der Waals surface area (Å²) in [6.45, 7) is 15.1. The van der Waals surface area contributed by atoms with E-state index in [0.717, 1.165) is 82.4 Å². The number of amides is 2. The van der Waals surface area contributed by atoms with Gasteiger partial charge >= 0.3 is 24.3 Å². The van der Waals surface area contributed by atoms with Gasteiger partial charge in [0.25, 0.3) is 0 Å². The molecule has 388 valence electrons. The van der Waals surface area contributed by atoms with E-state index in [1.165, 1.54) is 60.8 Å². The zero-order valence-electron chi connectivity index (χ0n) is 41.5. The SMILES string of the molecule is C=Cc1cnc(Oc2ccc(N(C(=O)C3CCC(C)CC3)C(C)C)c(C(=O)OC)c2)c(C(F)(F)F)c1.CC1CCC(C(=O)N(c2ccc(Oc3ncc(C4CC4)cc3C(F)(F)F)cc2C(=O)O)C(C)C)CC1. The van der Waals surface area contributed by atoms with Gasteiger partial charge in [-0.15, -0.1) is 0 Å². The minimum absolute atomic E-state index is 0.0116. The fourth-order valence-corrected chi connectivity index (χ4v) is 9.21. The second-order valence-corrected chi connectivity index (χ2v) is 19.6. The van der Waals surface area contributed by atoms with Gasteiger partial charge in [0.15, 0.2) is 0 Å². The Balaban J connectivity index is 0.000000235. The Bertz CT molecular complexity index is 2610. The van der Waals surface area contributed by atoms with Crippen molar-refractivity contribution >= 4 is 41.2 Å².